The third kappa shape index (κ3) is 2.72. The van der Waals surface area contributed by atoms with E-state index in [0.717, 1.165) is 16.1 Å². The van der Waals surface area contributed by atoms with Crippen LogP contribution < -0.4 is 0 Å². The van der Waals surface area contributed by atoms with E-state index in [2.05, 4.69) is 4.98 Å². The summed E-state index contributed by atoms with van der Waals surface area (Å²) in [6, 6.07) is 5.45. The summed E-state index contributed by atoms with van der Waals surface area (Å²) in [6.07, 6.45) is 0. The summed E-state index contributed by atoms with van der Waals surface area (Å²) in [4.78, 5) is 5.43. The largest absolute Gasteiger partial charge is 0.244 e. The molecule has 0 amide bonds. The third-order valence-electron chi connectivity index (χ3n) is 1.93. The Bertz CT molecular complexity index is 470. The van der Waals surface area contributed by atoms with Crippen molar-refractivity contribution in [1.29, 1.82) is 0 Å². The number of aromatic nitrogens is 1. The highest BCUT2D eigenvalue weighted by Gasteiger charge is 2.08. The second kappa shape index (κ2) is 5.30. The van der Waals surface area contributed by atoms with Crippen molar-refractivity contribution in [1.82, 2.24) is 4.98 Å². The minimum absolute atomic E-state index is 0. The molecule has 1 aromatic carbocycles. The standard InChI is InChI=1S/C10H7Cl2NS.BrH/c1-6-10(13-5-14-6)8-3-2-7(11)4-9(8)12;/h2-5H,1H3;1H. The highest BCUT2D eigenvalue weighted by molar-refractivity contribution is 8.93. The second-order valence-corrected chi connectivity index (χ2v) is 4.78. The van der Waals surface area contributed by atoms with E-state index in [9.17, 15) is 0 Å². The Hall–Kier alpha value is -0.0900. The first kappa shape index (κ1) is 13.0. The number of hydrogen-bond donors (Lipinski definition) is 0. The van der Waals surface area contributed by atoms with Crippen molar-refractivity contribution in [3.8, 4) is 11.3 Å². The number of nitrogens with zero attached hydrogens (tertiary/aromatic N) is 1. The first-order valence-corrected chi connectivity index (χ1v) is 5.67. The zero-order valence-electron chi connectivity index (χ0n) is 7.83. The Labute approximate surface area is 113 Å². The van der Waals surface area contributed by atoms with E-state index in [0.29, 0.717) is 10.0 Å². The summed E-state index contributed by atoms with van der Waals surface area (Å²) < 4.78 is 0. The Kier molecular flexibility index (Phi) is 4.59. The van der Waals surface area contributed by atoms with Gasteiger partial charge in [0.05, 0.1) is 16.2 Å². The van der Waals surface area contributed by atoms with Crippen LogP contribution in [0.2, 0.25) is 10.0 Å². The fraction of sp³-hybridized carbons (Fsp3) is 0.100. The number of hydrogen-bond acceptors (Lipinski definition) is 2. The van der Waals surface area contributed by atoms with Crippen molar-refractivity contribution in [2.75, 3.05) is 0 Å². The van der Waals surface area contributed by atoms with Crippen LogP contribution in [-0.2, 0) is 0 Å². The molecule has 0 aliphatic carbocycles. The van der Waals surface area contributed by atoms with E-state index < -0.39 is 0 Å². The first-order valence-electron chi connectivity index (χ1n) is 4.04. The van der Waals surface area contributed by atoms with Gasteiger partial charge in [0.15, 0.2) is 0 Å². The van der Waals surface area contributed by atoms with E-state index in [4.69, 9.17) is 23.2 Å². The molecule has 2 rings (SSSR count). The van der Waals surface area contributed by atoms with Crippen LogP contribution in [0, 0.1) is 6.92 Å². The van der Waals surface area contributed by atoms with Gasteiger partial charge in [-0.1, -0.05) is 23.2 Å². The molecule has 0 spiro atoms. The lowest BCUT2D eigenvalue weighted by atomic mass is 10.1. The molecule has 5 heteroatoms. The van der Waals surface area contributed by atoms with Crippen LogP contribution in [-0.4, -0.2) is 4.98 Å². The fourth-order valence-corrected chi connectivity index (χ4v) is 2.33. The lowest BCUT2D eigenvalue weighted by molar-refractivity contribution is 1.38. The molecular formula is C10H8BrCl2NS. The van der Waals surface area contributed by atoms with Crippen LogP contribution in [0.4, 0.5) is 0 Å². The van der Waals surface area contributed by atoms with E-state index >= 15 is 0 Å². The molecule has 0 atom stereocenters. The van der Waals surface area contributed by atoms with Crippen LogP contribution in [0.3, 0.4) is 0 Å². The van der Waals surface area contributed by atoms with E-state index in [1.54, 1.807) is 17.4 Å². The topological polar surface area (TPSA) is 12.9 Å². The van der Waals surface area contributed by atoms with E-state index in [1.165, 1.54) is 0 Å². The minimum atomic E-state index is 0. The maximum absolute atomic E-state index is 6.07. The molecule has 0 N–H and O–H groups in total. The molecule has 0 fully saturated rings. The summed E-state index contributed by atoms with van der Waals surface area (Å²) >= 11 is 13.5. The van der Waals surface area contributed by atoms with Gasteiger partial charge in [-0.25, -0.2) is 4.98 Å². The van der Waals surface area contributed by atoms with Crippen LogP contribution in [0.1, 0.15) is 4.88 Å². The molecule has 0 saturated carbocycles. The molecule has 1 heterocycles. The Morgan fingerprint density at radius 3 is 2.53 bits per heavy atom. The molecular weight excluding hydrogens is 317 g/mol. The lowest BCUT2D eigenvalue weighted by Gasteiger charge is -2.02. The van der Waals surface area contributed by atoms with Gasteiger partial charge in [0.25, 0.3) is 0 Å². The maximum Gasteiger partial charge on any atom is 0.0855 e. The van der Waals surface area contributed by atoms with Crippen molar-refractivity contribution in [2.45, 2.75) is 6.92 Å². The van der Waals surface area contributed by atoms with Gasteiger partial charge in [0, 0.05) is 15.5 Å². The quantitative estimate of drug-likeness (QED) is 0.719. The number of benzene rings is 1. The van der Waals surface area contributed by atoms with Gasteiger partial charge in [0.2, 0.25) is 0 Å². The number of thiazole rings is 1. The smallest absolute Gasteiger partial charge is 0.0855 e. The molecule has 0 bridgehead atoms. The second-order valence-electron chi connectivity index (χ2n) is 2.88. The summed E-state index contributed by atoms with van der Waals surface area (Å²) in [5.41, 5.74) is 3.70. The summed E-state index contributed by atoms with van der Waals surface area (Å²) in [6.45, 7) is 2.03. The first-order chi connectivity index (χ1) is 6.68. The molecule has 1 aromatic heterocycles. The van der Waals surface area contributed by atoms with E-state index in [-0.39, 0.29) is 17.0 Å². The van der Waals surface area contributed by atoms with Gasteiger partial charge in [0.1, 0.15) is 0 Å². The van der Waals surface area contributed by atoms with Gasteiger partial charge in [-0.15, -0.1) is 28.3 Å². The number of halogens is 3. The van der Waals surface area contributed by atoms with Gasteiger partial charge in [-0.2, -0.15) is 0 Å². The van der Waals surface area contributed by atoms with E-state index in [1.807, 2.05) is 24.6 Å². The predicted molar refractivity (Wildman–Crippen MR) is 72.6 cm³/mol. The van der Waals surface area contributed by atoms with Gasteiger partial charge in [-0.3, -0.25) is 0 Å². The zero-order chi connectivity index (χ0) is 10.1. The molecule has 0 aliphatic heterocycles. The lowest BCUT2D eigenvalue weighted by Crippen LogP contribution is -1.81. The number of rotatable bonds is 1. The van der Waals surface area contributed by atoms with Crippen LogP contribution >= 0.6 is 51.5 Å². The van der Waals surface area contributed by atoms with Crippen molar-refractivity contribution in [3.63, 3.8) is 0 Å². The summed E-state index contributed by atoms with van der Waals surface area (Å²) in [5.74, 6) is 0. The molecule has 1 nitrogen and oxygen atoms in total. The number of aryl methyl sites for hydroxylation is 1. The van der Waals surface area contributed by atoms with Crippen LogP contribution in [0.25, 0.3) is 11.3 Å². The highest BCUT2D eigenvalue weighted by atomic mass is 79.9. The summed E-state index contributed by atoms with van der Waals surface area (Å²) in [5, 5.41) is 1.29. The average Bonchev–Trinajstić information content (AvgIpc) is 2.52. The van der Waals surface area contributed by atoms with Crippen molar-refractivity contribution >= 4 is 51.5 Å². The van der Waals surface area contributed by atoms with Crippen LogP contribution in [0.5, 0.6) is 0 Å². The van der Waals surface area contributed by atoms with Gasteiger partial charge < -0.3 is 0 Å². The average molecular weight is 325 g/mol. The van der Waals surface area contributed by atoms with Gasteiger partial charge >= 0.3 is 0 Å². The molecule has 2 aromatic rings. The summed E-state index contributed by atoms with van der Waals surface area (Å²) in [7, 11) is 0. The molecule has 0 aliphatic rings. The zero-order valence-corrected chi connectivity index (χ0v) is 11.9. The van der Waals surface area contributed by atoms with Crippen molar-refractivity contribution in [2.24, 2.45) is 0 Å². The maximum atomic E-state index is 6.07. The predicted octanol–water partition coefficient (Wildman–Crippen LogP) is 5.00. The van der Waals surface area contributed by atoms with Crippen molar-refractivity contribution in [3.05, 3.63) is 38.6 Å². The van der Waals surface area contributed by atoms with Crippen LogP contribution in [0.15, 0.2) is 23.7 Å². The minimum Gasteiger partial charge on any atom is -0.244 e. The molecule has 0 radical (unpaired) electrons. The molecule has 15 heavy (non-hydrogen) atoms. The SMILES string of the molecule is Br.Cc1scnc1-c1ccc(Cl)cc1Cl. The molecule has 0 saturated heterocycles. The highest BCUT2D eigenvalue weighted by Crippen LogP contribution is 2.32. The Morgan fingerprint density at radius 2 is 2.00 bits per heavy atom. The van der Waals surface area contributed by atoms with Gasteiger partial charge in [-0.05, 0) is 25.1 Å². The normalized spacial score (nSPS) is 9.80. The van der Waals surface area contributed by atoms with Crippen molar-refractivity contribution < 1.29 is 0 Å². The molecule has 80 valence electrons. The fourth-order valence-electron chi connectivity index (χ4n) is 1.25. The Morgan fingerprint density at radius 1 is 1.27 bits per heavy atom. The third-order valence-corrected chi connectivity index (χ3v) is 3.24. The Balaban J connectivity index is 0.00000112. The monoisotopic (exact) mass is 323 g/mol. The molecule has 0 unspecified atom stereocenters.